The SMILES string of the molecule is CCS(=O)C1CCCC(NC(=NC)NCC2CCCOC2C(C)(C)C)C1. The van der Waals surface area contributed by atoms with Crippen LogP contribution in [-0.4, -0.2) is 53.5 Å². The molecule has 1 heterocycles. The van der Waals surface area contributed by atoms with E-state index in [2.05, 4.69) is 36.4 Å². The third kappa shape index (κ3) is 6.22. The summed E-state index contributed by atoms with van der Waals surface area (Å²) in [5.41, 5.74) is 0.157. The second kappa shape index (κ2) is 10.1. The van der Waals surface area contributed by atoms with Crippen LogP contribution in [0.5, 0.6) is 0 Å². The van der Waals surface area contributed by atoms with Gasteiger partial charge in [-0.1, -0.05) is 34.1 Å². The van der Waals surface area contributed by atoms with Crippen LogP contribution in [0.4, 0.5) is 0 Å². The van der Waals surface area contributed by atoms with Gasteiger partial charge in [-0.25, -0.2) is 0 Å². The highest BCUT2D eigenvalue weighted by atomic mass is 32.2. The molecule has 0 aromatic heterocycles. The van der Waals surface area contributed by atoms with Crippen molar-refractivity contribution in [3.05, 3.63) is 0 Å². The van der Waals surface area contributed by atoms with E-state index in [1.807, 2.05) is 14.0 Å². The molecule has 0 aromatic carbocycles. The summed E-state index contributed by atoms with van der Waals surface area (Å²) in [5.74, 6) is 2.14. The second-order valence-corrected chi connectivity index (χ2v) is 10.8. The second-order valence-electron chi connectivity index (χ2n) is 8.81. The Labute approximate surface area is 162 Å². The van der Waals surface area contributed by atoms with Gasteiger partial charge in [0.15, 0.2) is 5.96 Å². The fourth-order valence-corrected chi connectivity index (χ4v) is 5.72. The van der Waals surface area contributed by atoms with Crippen LogP contribution < -0.4 is 10.6 Å². The van der Waals surface area contributed by atoms with Crippen molar-refractivity contribution in [2.45, 2.75) is 83.6 Å². The van der Waals surface area contributed by atoms with Gasteiger partial charge in [0.1, 0.15) is 0 Å². The minimum atomic E-state index is -0.690. The first-order valence-corrected chi connectivity index (χ1v) is 11.7. The molecule has 0 radical (unpaired) electrons. The van der Waals surface area contributed by atoms with E-state index < -0.39 is 10.8 Å². The number of rotatable bonds is 5. The zero-order valence-electron chi connectivity index (χ0n) is 17.3. The summed E-state index contributed by atoms with van der Waals surface area (Å²) in [7, 11) is 1.14. The molecule has 0 bridgehead atoms. The molecular weight excluding hydrogens is 346 g/mol. The van der Waals surface area contributed by atoms with Crippen molar-refractivity contribution in [2.75, 3.05) is 26.0 Å². The Bertz CT molecular complexity index is 490. The minimum absolute atomic E-state index is 0.157. The van der Waals surface area contributed by atoms with E-state index in [1.54, 1.807) is 0 Å². The average molecular weight is 386 g/mol. The van der Waals surface area contributed by atoms with Gasteiger partial charge in [-0.05, 0) is 37.5 Å². The Morgan fingerprint density at radius 1 is 1.23 bits per heavy atom. The first kappa shape index (κ1) is 21.7. The maximum Gasteiger partial charge on any atom is 0.191 e. The van der Waals surface area contributed by atoms with Crippen molar-refractivity contribution in [1.82, 2.24) is 10.6 Å². The van der Waals surface area contributed by atoms with Crippen LogP contribution in [0.15, 0.2) is 4.99 Å². The normalized spacial score (nSPS) is 32.1. The summed E-state index contributed by atoms with van der Waals surface area (Å²) in [4.78, 5) is 4.42. The Hall–Kier alpha value is -0.620. The Kier molecular flexibility index (Phi) is 8.40. The summed E-state index contributed by atoms with van der Waals surface area (Å²) in [6, 6.07) is 0.372. The van der Waals surface area contributed by atoms with Crippen LogP contribution in [0.1, 0.15) is 66.2 Å². The lowest BCUT2D eigenvalue weighted by Gasteiger charge is -2.40. The Balaban J connectivity index is 1.86. The maximum atomic E-state index is 12.2. The molecule has 0 spiro atoms. The van der Waals surface area contributed by atoms with Crippen LogP contribution in [0.25, 0.3) is 0 Å². The smallest absolute Gasteiger partial charge is 0.191 e. The van der Waals surface area contributed by atoms with Crippen LogP contribution in [0.3, 0.4) is 0 Å². The number of hydrogen-bond donors (Lipinski definition) is 2. The lowest BCUT2D eigenvalue weighted by atomic mass is 9.78. The maximum absolute atomic E-state index is 12.2. The molecule has 1 saturated carbocycles. The monoisotopic (exact) mass is 385 g/mol. The molecule has 5 atom stereocenters. The molecule has 6 heteroatoms. The van der Waals surface area contributed by atoms with E-state index >= 15 is 0 Å². The number of aliphatic imine (C=N–C) groups is 1. The molecule has 2 fully saturated rings. The van der Waals surface area contributed by atoms with Gasteiger partial charge in [0.05, 0.1) is 6.10 Å². The quantitative estimate of drug-likeness (QED) is 0.564. The van der Waals surface area contributed by atoms with E-state index in [1.165, 1.54) is 6.42 Å². The van der Waals surface area contributed by atoms with E-state index in [0.717, 1.165) is 57.0 Å². The van der Waals surface area contributed by atoms with Gasteiger partial charge < -0.3 is 15.4 Å². The van der Waals surface area contributed by atoms with Crippen molar-refractivity contribution < 1.29 is 8.95 Å². The highest BCUT2D eigenvalue weighted by Gasteiger charge is 2.35. The molecule has 5 nitrogen and oxygen atoms in total. The number of nitrogens with one attached hydrogen (secondary N) is 2. The van der Waals surface area contributed by atoms with Crippen molar-refractivity contribution in [3.63, 3.8) is 0 Å². The van der Waals surface area contributed by atoms with Crippen molar-refractivity contribution in [2.24, 2.45) is 16.3 Å². The van der Waals surface area contributed by atoms with Crippen LogP contribution >= 0.6 is 0 Å². The summed E-state index contributed by atoms with van der Waals surface area (Å²) < 4.78 is 18.2. The van der Waals surface area contributed by atoms with Gasteiger partial charge in [0.2, 0.25) is 0 Å². The van der Waals surface area contributed by atoms with E-state index in [9.17, 15) is 4.21 Å². The molecule has 2 N–H and O–H groups in total. The van der Waals surface area contributed by atoms with Gasteiger partial charge in [0, 0.05) is 54.0 Å². The van der Waals surface area contributed by atoms with Crippen molar-refractivity contribution >= 4 is 16.8 Å². The zero-order valence-corrected chi connectivity index (χ0v) is 18.2. The van der Waals surface area contributed by atoms with Crippen molar-refractivity contribution in [1.29, 1.82) is 0 Å². The van der Waals surface area contributed by atoms with Gasteiger partial charge in [-0.2, -0.15) is 0 Å². The third-order valence-corrected chi connectivity index (χ3v) is 7.42. The number of nitrogens with zero attached hydrogens (tertiary/aromatic N) is 1. The molecule has 0 aromatic rings. The molecule has 0 amide bonds. The molecule has 152 valence electrons. The standard InChI is InChI=1S/C20H39N3O2S/c1-6-26(24)17-11-7-10-16(13-17)23-19(21-5)22-14-15-9-8-12-25-18(15)20(2,3)4/h15-18H,6-14H2,1-5H3,(H2,21,22,23). The molecule has 1 saturated heterocycles. The third-order valence-electron chi connectivity index (χ3n) is 5.68. The molecule has 2 aliphatic rings. The fraction of sp³-hybridized carbons (Fsp3) is 0.950. The lowest BCUT2D eigenvalue weighted by molar-refractivity contribution is -0.0835. The average Bonchev–Trinajstić information content (AvgIpc) is 2.64. The van der Waals surface area contributed by atoms with E-state index in [4.69, 9.17) is 4.74 Å². The molecule has 26 heavy (non-hydrogen) atoms. The first-order valence-electron chi connectivity index (χ1n) is 10.3. The molecule has 1 aliphatic heterocycles. The predicted molar refractivity (Wildman–Crippen MR) is 111 cm³/mol. The Morgan fingerprint density at radius 3 is 2.65 bits per heavy atom. The Morgan fingerprint density at radius 2 is 2.00 bits per heavy atom. The number of ether oxygens (including phenoxy) is 1. The van der Waals surface area contributed by atoms with Gasteiger partial charge >= 0.3 is 0 Å². The summed E-state index contributed by atoms with van der Waals surface area (Å²) in [5, 5.41) is 7.44. The number of guanidine groups is 1. The van der Waals surface area contributed by atoms with E-state index in [-0.39, 0.29) is 11.5 Å². The van der Waals surface area contributed by atoms with Crippen molar-refractivity contribution in [3.8, 4) is 0 Å². The fourth-order valence-electron chi connectivity index (χ4n) is 4.38. The molecule has 5 unspecified atom stereocenters. The van der Waals surface area contributed by atoms with Crippen LogP contribution in [0, 0.1) is 11.3 Å². The molecule has 1 aliphatic carbocycles. The molecule has 2 rings (SSSR count). The van der Waals surface area contributed by atoms with Gasteiger partial charge in [-0.15, -0.1) is 0 Å². The molecular formula is C20H39N3O2S. The van der Waals surface area contributed by atoms with E-state index in [0.29, 0.717) is 17.2 Å². The highest BCUT2D eigenvalue weighted by molar-refractivity contribution is 7.85. The van der Waals surface area contributed by atoms with Gasteiger partial charge in [0.25, 0.3) is 0 Å². The zero-order chi connectivity index (χ0) is 19.2. The first-order chi connectivity index (χ1) is 12.3. The lowest BCUT2D eigenvalue weighted by Crippen LogP contribution is -2.50. The summed E-state index contributed by atoms with van der Waals surface area (Å²) in [6.45, 7) is 10.6. The largest absolute Gasteiger partial charge is 0.377 e. The highest BCUT2D eigenvalue weighted by Crippen LogP contribution is 2.33. The van der Waals surface area contributed by atoms with Gasteiger partial charge in [-0.3, -0.25) is 9.20 Å². The topological polar surface area (TPSA) is 62.7 Å². The predicted octanol–water partition coefficient (Wildman–Crippen LogP) is 3.07. The summed E-state index contributed by atoms with van der Waals surface area (Å²) in [6.07, 6.45) is 6.98. The van der Waals surface area contributed by atoms with Crippen LogP contribution in [0.2, 0.25) is 0 Å². The number of hydrogen-bond acceptors (Lipinski definition) is 3. The van der Waals surface area contributed by atoms with Crippen LogP contribution in [-0.2, 0) is 15.5 Å². The summed E-state index contributed by atoms with van der Waals surface area (Å²) >= 11 is 0. The minimum Gasteiger partial charge on any atom is -0.377 e.